The molecule has 0 heterocycles. The van der Waals surface area contributed by atoms with Crippen molar-refractivity contribution in [3.05, 3.63) is 29.8 Å². The van der Waals surface area contributed by atoms with Gasteiger partial charge in [-0.1, -0.05) is 26.7 Å². The molecule has 126 valence electrons. The fourth-order valence-corrected chi connectivity index (χ4v) is 3.38. The summed E-state index contributed by atoms with van der Waals surface area (Å²) in [4.78, 5) is 25.0. The van der Waals surface area contributed by atoms with Gasteiger partial charge in [-0.2, -0.15) is 0 Å². The minimum absolute atomic E-state index is 0.186. The van der Waals surface area contributed by atoms with Crippen molar-refractivity contribution in [3.8, 4) is 0 Å². The Morgan fingerprint density at radius 3 is 2.57 bits per heavy atom. The summed E-state index contributed by atoms with van der Waals surface area (Å²) in [6, 6.07) is 7.36. The molecule has 23 heavy (non-hydrogen) atoms. The molecule has 1 aromatic rings. The van der Waals surface area contributed by atoms with Crippen LogP contribution in [0.3, 0.4) is 0 Å². The third-order valence-electron chi connectivity index (χ3n) is 4.71. The molecule has 0 spiro atoms. The molecule has 1 N–H and O–H groups in total. The third-order valence-corrected chi connectivity index (χ3v) is 5.46. The van der Waals surface area contributed by atoms with Crippen molar-refractivity contribution in [1.82, 2.24) is 5.32 Å². The van der Waals surface area contributed by atoms with E-state index in [1.54, 1.807) is 23.9 Å². The zero-order chi connectivity index (χ0) is 16.8. The van der Waals surface area contributed by atoms with Crippen LogP contribution in [0, 0.1) is 11.8 Å². The summed E-state index contributed by atoms with van der Waals surface area (Å²) in [5, 5.41) is 3.00. The molecule has 1 aliphatic carbocycles. The van der Waals surface area contributed by atoms with E-state index in [1.165, 1.54) is 6.42 Å². The van der Waals surface area contributed by atoms with Crippen molar-refractivity contribution < 1.29 is 14.3 Å². The second kappa shape index (κ2) is 8.39. The molecule has 1 aliphatic rings. The summed E-state index contributed by atoms with van der Waals surface area (Å²) >= 11 is 1.61. The van der Waals surface area contributed by atoms with Crippen molar-refractivity contribution in [2.75, 3.05) is 12.9 Å². The van der Waals surface area contributed by atoms with Crippen LogP contribution in [0.15, 0.2) is 29.2 Å². The van der Waals surface area contributed by atoms with E-state index in [-0.39, 0.29) is 18.6 Å². The number of benzene rings is 1. The van der Waals surface area contributed by atoms with E-state index in [2.05, 4.69) is 19.2 Å². The molecule has 1 saturated carbocycles. The van der Waals surface area contributed by atoms with Crippen molar-refractivity contribution >= 4 is 23.6 Å². The molecule has 0 aromatic heterocycles. The number of rotatable bonds is 5. The Labute approximate surface area is 142 Å². The second-order valence-electron chi connectivity index (χ2n) is 6.25. The number of hydrogen-bond acceptors (Lipinski definition) is 4. The summed E-state index contributed by atoms with van der Waals surface area (Å²) < 4.78 is 5.11. The summed E-state index contributed by atoms with van der Waals surface area (Å²) in [6.45, 7) is 4.18. The van der Waals surface area contributed by atoms with Gasteiger partial charge in [0.2, 0.25) is 0 Å². The zero-order valence-corrected chi connectivity index (χ0v) is 14.8. The maximum Gasteiger partial charge on any atom is 0.338 e. The molecule has 0 aliphatic heterocycles. The lowest BCUT2D eigenvalue weighted by Gasteiger charge is -2.34. The van der Waals surface area contributed by atoms with Crippen LogP contribution in [0.5, 0.6) is 0 Å². The van der Waals surface area contributed by atoms with Crippen molar-refractivity contribution in [3.63, 3.8) is 0 Å². The van der Waals surface area contributed by atoms with E-state index in [0.29, 0.717) is 17.4 Å². The van der Waals surface area contributed by atoms with Gasteiger partial charge in [0.25, 0.3) is 5.91 Å². The van der Waals surface area contributed by atoms with Gasteiger partial charge in [0.15, 0.2) is 6.61 Å². The van der Waals surface area contributed by atoms with Crippen LogP contribution in [0.4, 0.5) is 0 Å². The molecule has 3 atom stereocenters. The lowest BCUT2D eigenvalue weighted by atomic mass is 9.78. The van der Waals surface area contributed by atoms with Gasteiger partial charge in [-0.15, -0.1) is 11.8 Å². The van der Waals surface area contributed by atoms with Gasteiger partial charge in [-0.3, -0.25) is 4.79 Å². The standard InChI is InChI=1S/C18H25NO3S/c1-12-5-4-6-16(13(12)2)19-17(20)11-22-18(21)14-7-9-15(23-3)10-8-14/h7-10,12-13,16H,4-6,11H2,1-3H3,(H,19,20)/t12-,13-,16+/m1/s1. The van der Waals surface area contributed by atoms with Gasteiger partial charge in [0.05, 0.1) is 5.56 Å². The first kappa shape index (κ1) is 17.9. The van der Waals surface area contributed by atoms with Crippen molar-refractivity contribution in [2.45, 2.75) is 44.0 Å². The van der Waals surface area contributed by atoms with Crippen LogP contribution in [-0.4, -0.2) is 30.8 Å². The Hall–Kier alpha value is -1.49. The van der Waals surface area contributed by atoms with Gasteiger partial charge in [-0.05, 0) is 48.8 Å². The Morgan fingerprint density at radius 1 is 1.22 bits per heavy atom. The number of carbonyl (C=O) groups excluding carboxylic acids is 2. The number of amides is 1. The number of thioether (sulfide) groups is 1. The minimum Gasteiger partial charge on any atom is -0.452 e. The normalized spacial score (nSPS) is 24.0. The number of ether oxygens (including phenoxy) is 1. The molecule has 1 amide bonds. The summed E-state index contributed by atoms with van der Waals surface area (Å²) in [6.07, 6.45) is 5.33. The van der Waals surface area contributed by atoms with E-state index >= 15 is 0 Å². The van der Waals surface area contributed by atoms with Crippen LogP contribution in [-0.2, 0) is 9.53 Å². The van der Waals surface area contributed by atoms with Crippen LogP contribution in [0.2, 0.25) is 0 Å². The van der Waals surface area contributed by atoms with E-state index in [1.807, 2.05) is 18.4 Å². The highest BCUT2D eigenvalue weighted by molar-refractivity contribution is 7.98. The third kappa shape index (κ3) is 4.99. The maximum absolute atomic E-state index is 12.0. The van der Waals surface area contributed by atoms with Gasteiger partial charge in [-0.25, -0.2) is 4.79 Å². The molecule has 1 fully saturated rings. The monoisotopic (exact) mass is 335 g/mol. The average Bonchev–Trinajstić information content (AvgIpc) is 2.57. The predicted molar refractivity (Wildman–Crippen MR) is 92.6 cm³/mol. The topological polar surface area (TPSA) is 55.4 Å². The predicted octanol–water partition coefficient (Wildman–Crippen LogP) is 3.51. The van der Waals surface area contributed by atoms with Crippen LogP contribution in [0.1, 0.15) is 43.5 Å². The lowest BCUT2D eigenvalue weighted by Crippen LogP contribution is -2.45. The molecule has 0 bridgehead atoms. The fourth-order valence-electron chi connectivity index (χ4n) is 2.98. The van der Waals surface area contributed by atoms with Crippen LogP contribution >= 0.6 is 11.8 Å². The average molecular weight is 335 g/mol. The molecule has 0 unspecified atom stereocenters. The first-order valence-electron chi connectivity index (χ1n) is 8.11. The summed E-state index contributed by atoms with van der Waals surface area (Å²) in [5.74, 6) is 0.400. The van der Waals surface area contributed by atoms with Gasteiger partial charge >= 0.3 is 5.97 Å². The Kier molecular flexibility index (Phi) is 6.51. The molecule has 0 radical (unpaired) electrons. The minimum atomic E-state index is -0.460. The zero-order valence-electron chi connectivity index (χ0n) is 14.0. The molecule has 1 aromatic carbocycles. The summed E-state index contributed by atoms with van der Waals surface area (Å²) in [7, 11) is 0. The molecular weight excluding hydrogens is 310 g/mol. The van der Waals surface area contributed by atoms with E-state index in [0.717, 1.165) is 17.7 Å². The smallest absolute Gasteiger partial charge is 0.338 e. The van der Waals surface area contributed by atoms with Crippen molar-refractivity contribution in [2.24, 2.45) is 11.8 Å². The Bertz CT molecular complexity index is 544. The van der Waals surface area contributed by atoms with E-state index < -0.39 is 5.97 Å². The first-order valence-corrected chi connectivity index (χ1v) is 9.34. The quantitative estimate of drug-likeness (QED) is 0.661. The molecule has 5 heteroatoms. The molecule has 4 nitrogen and oxygen atoms in total. The Morgan fingerprint density at radius 2 is 1.91 bits per heavy atom. The van der Waals surface area contributed by atoms with Crippen LogP contribution < -0.4 is 5.32 Å². The highest BCUT2D eigenvalue weighted by Crippen LogP contribution is 2.29. The first-order chi connectivity index (χ1) is 11.0. The Balaban J connectivity index is 1.80. The van der Waals surface area contributed by atoms with E-state index in [9.17, 15) is 9.59 Å². The van der Waals surface area contributed by atoms with E-state index in [4.69, 9.17) is 4.74 Å². The van der Waals surface area contributed by atoms with Crippen LogP contribution in [0.25, 0.3) is 0 Å². The van der Waals surface area contributed by atoms with Gasteiger partial charge < -0.3 is 10.1 Å². The summed E-state index contributed by atoms with van der Waals surface area (Å²) in [5.41, 5.74) is 0.468. The largest absolute Gasteiger partial charge is 0.452 e. The highest BCUT2D eigenvalue weighted by Gasteiger charge is 2.28. The number of nitrogens with one attached hydrogen (secondary N) is 1. The number of carbonyl (C=O) groups is 2. The van der Waals surface area contributed by atoms with Gasteiger partial charge in [0.1, 0.15) is 0 Å². The maximum atomic E-state index is 12.0. The van der Waals surface area contributed by atoms with Crippen molar-refractivity contribution in [1.29, 1.82) is 0 Å². The van der Waals surface area contributed by atoms with Gasteiger partial charge in [0, 0.05) is 10.9 Å². The lowest BCUT2D eigenvalue weighted by molar-refractivity contribution is -0.125. The highest BCUT2D eigenvalue weighted by atomic mass is 32.2. The number of esters is 1. The number of hydrogen-bond donors (Lipinski definition) is 1. The second-order valence-corrected chi connectivity index (χ2v) is 7.13. The SMILES string of the molecule is CSc1ccc(C(=O)OCC(=O)N[C@H]2CCC[C@@H](C)[C@H]2C)cc1. The molecule has 2 rings (SSSR count). The molecule has 0 saturated heterocycles. The molecular formula is C18H25NO3S. The fraction of sp³-hybridized carbons (Fsp3) is 0.556.